The van der Waals surface area contributed by atoms with Crippen molar-refractivity contribution in [2.75, 3.05) is 0 Å². The molecule has 0 fully saturated rings. The van der Waals surface area contributed by atoms with Crippen molar-refractivity contribution in [3.8, 4) is 0 Å². The van der Waals surface area contributed by atoms with Crippen LogP contribution in [0.1, 0.15) is 0 Å². The maximum absolute atomic E-state index is 14.4. The molecule has 0 unspecified atom stereocenters. The molecule has 183 valence electrons. The van der Waals surface area contributed by atoms with Crippen LogP contribution in [0.15, 0.2) is 0 Å². The Morgan fingerprint density at radius 3 is 0.486 bits per heavy atom. The van der Waals surface area contributed by atoms with Crippen molar-refractivity contribution in [2.45, 2.75) is 0 Å². The third-order valence-electron chi connectivity index (χ3n) is 4.38. The molecule has 17 heteroatoms. The monoisotopic (exact) mass is 777 g/mol. The summed E-state index contributed by atoms with van der Waals surface area (Å²) in [7, 11) is 0. The minimum atomic E-state index is -6.37. The van der Waals surface area contributed by atoms with Gasteiger partial charge < -0.3 is 0 Å². The van der Waals surface area contributed by atoms with Crippen LogP contribution in [0, 0.1) is 87.3 Å². The summed E-state index contributed by atoms with van der Waals surface area (Å²) in [4.78, 5) is 0. The van der Waals surface area contributed by atoms with E-state index in [1.807, 2.05) is 0 Å². The predicted octanol–water partition coefficient (Wildman–Crippen LogP) is 4.29. The van der Waals surface area contributed by atoms with Crippen molar-refractivity contribution < 1.29 is 93.5 Å². The van der Waals surface area contributed by atoms with Crippen molar-refractivity contribution in [3.05, 3.63) is 87.3 Å². The summed E-state index contributed by atoms with van der Waals surface area (Å²) in [5.74, 6) is -44.5. The van der Waals surface area contributed by atoms with E-state index in [0.29, 0.717) is 0 Å². The van der Waals surface area contributed by atoms with Crippen LogP contribution in [0.3, 0.4) is 0 Å². The molecule has 0 saturated carbocycles. The molecule has 0 nitrogen and oxygen atoms in total. The van der Waals surface area contributed by atoms with Crippen molar-refractivity contribution in [1.82, 2.24) is 0 Å². The first-order valence-corrected chi connectivity index (χ1v) is 11.2. The number of hydrogen-bond donors (Lipinski definition) is 0. The van der Waals surface area contributed by atoms with Crippen LogP contribution in [0.5, 0.6) is 0 Å². The zero-order valence-electron chi connectivity index (χ0n) is 15.9. The second-order valence-corrected chi connectivity index (χ2v) is 10.9. The van der Waals surface area contributed by atoms with Gasteiger partial charge in [-0.3, -0.25) is 0 Å². The fraction of sp³-hybridized carbons (Fsp3) is 0. The molecule has 0 heterocycles. The van der Waals surface area contributed by atoms with Gasteiger partial charge >= 0.3 is 181 Å². The summed E-state index contributed by atoms with van der Waals surface area (Å²) in [5, 5.41) is 0. The molecule has 0 aromatic heterocycles. The minimum absolute atomic E-state index is 0. The molecule has 0 spiro atoms. The predicted molar refractivity (Wildman–Crippen MR) is 83.4 cm³/mol. The minimum Gasteiger partial charge on any atom is 0 e. The van der Waals surface area contributed by atoms with E-state index in [2.05, 4.69) is 0 Å². The molecule has 35 heavy (non-hydrogen) atoms. The first kappa shape index (κ1) is 29.3. The van der Waals surface area contributed by atoms with Gasteiger partial charge in [-0.25, -0.2) is 0 Å². The van der Waals surface area contributed by atoms with Gasteiger partial charge in [0.05, 0.1) is 0 Å². The number of hydrogen-bond acceptors (Lipinski definition) is 0. The SMILES string of the molecule is Fc1c(F)c(F)[c]([Ge]([c]2c(F)c(F)c(F)c(F)c2F)[c]2c(F)c(F)c(F)c(F)c2F)c(F)c1F.[Hg]. The van der Waals surface area contributed by atoms with Gasteiger partial charge in [0.25, 0.3) is 0 Å². The molecule has 0 aliphatic carbocycles. The Hall–Kier alpha value is -1.91. The van der Waals surface area contributed by atoms with Crippen molar-refractivity contribution in [3.63, 3.8) is 0 Å². The summed E-state index contributed by atoms with van der Waals surface area (Å²) in [6, 6.07) is 0. The van der Waals surface area contributed by atoms with Gasteiger partial charge in [0.1, 0.15) is 0 Å². The standard InChI is InChI=1S/C18F15Ge.Hg/c19-1-4(22)10(28)16(11(29)5(1)23)34(17-12(30)6(24)2(20)7(25)13(17)31)18-14(32)8(26)3(21)9(27)15(18)33;. The summed E-state index contributed by atoms with van der Waals surface area (Å²) in [6.45, 7) is 0. The van der Waals surface area contributed by atoms with Crippen LogP contribution >= 0.6 is 0 Å². The topological polar surface area (TPSA) is 0 Å². The van der Waals surface area contributed by atoms with E-state index in [9.17, 15) is 65.9 Å². The summed E-state index contributed by atoms with van der Waals surface area (Å²) >= 11 is -6.37. The van der Waals surface area contributed by atoms with Gasteiger partial charge in [0.2, 0.25) is 0 Å². The fourth-order valence-corrected chi connectivity index (χ4v) is 8.57. The second kappa shape index (κ2) is 10.2. The Labute approximate surface area is 208 Å². The number of halogens is 15. The molecule has 3 rings (SSSR count). The molecule has 0 bridgehead atoms. The summed E-state index contributed by atoms with van der Waals surface area (Å²) in [6.07, 6.45) is 0. The number of rotatable bonds is 3. The molecule has 0 saturated heterocycles. The third kappa shape index (κ3) is 4.31. The third-order valence-corrected chi connectivity index (χ3v) is 10.3. The van der Waals surface area contributed by atoms with Crippen molar-refractivity contribution in [1.29, 1.82) is 0 Å². The first-order valence-electron chi connectivity index (χ1n) is 8.08. The average Bonchev–Trinajstić information content (AvgIpc) is 2.81. The number of benzene rings is 3. The molecule has 0 aliphatic heterocycles. The van der Waals surface area contributed by atoms with Crippen LogP contribution in [-0.4, -0.2) is 14.3 Å². The Morgan fingerprint density at radius 2 is 0.343 bits per heavy atom. The van der Waals surface area contributed by atoms with Gasteiger partial charge in [-0.2, -0.15) is 0 Å². The van der Waals surface area contributed by atoms with E-state index in [1.54, 1.807) is 0 Å². The molecular weight excluding hydrogens is 774 g/mol. The average molecular weight is 774 g/mol. The van der Waals surface area contributed by atoms with E-state index in [0.717, 1.165) is 0 Å². The van der Waals surface area contributed by atoms with E-state index in [-0.39, 0.29) is 27.7 Å². The first-order chi connectivity index (χ1) is 15.7. The van der Waals surface area contributed by atoms with Crippen LogP contribution in [0.2, 0.25) is 0 Å². The summed E-state index contributed by atoms with van der Waals surface area (Å²) < 4.78 is 201. The Kier molecular flexibility index (Phi) is 8.56. The molecule has 1 radical (unpaired) electrons. The van der Waals surface area contributed by atoms with Crippen LogP contribution in [0.4, 0.5) is 65.9 Å². The smallest absolute Gasteiger partial charge is 0 e. The Balaban J connectivity index is 0.00000432. The maximum Gasteiger partial charge on any atom is 0 e. The maximum atomic E-state index is 14.4. The molecule has 3 aromatic carbocycles. The van der Waals surface area contributed by atoms with E-state index < -0.39 is 115 Å². The molecule has 0 aliphatic rings. The molecule has 0 amide bonds. The van der Waals surface area contributed by atoms with Crippen molar-refractivity contribution >= 4 is 27.5 Å². The quantitative estimate of drug-likeness (QED) is 0.162. The van der Waals surface area contributed by atoms with Crippen LogP contribution in [-0.2, 0) is 27.7 Å². The van der Waals surface area contributed by atoms with Crippen LogP contribution in [0.25, 0.3) is 0 Å². The van der Waals surface area contributed by atoms with Gasteiger partial charge in [-0.1, -0.05) is 0 Å². The van der Waals surface area contributed by atoms with Gasteiger partial charge in [0.15, 0.2) is 0 Å². The largest absolute Gasteiger partial charge is 0 e. The van der Waals surface area contributed by atoms with E-state index >= 15 is 0 Å². The normalized spacial score (nSPS) is 11.3. The van der Waals surface area contributed by atoms with Crippen LogP contribution < -0.4 is 13.2 Å². The van der Waals surface area contributed by atoms with Crippen molar-refractivity contribution in [2.24, 2.45) is 0 Å². The molecular formula is C18F15GeHg. The van der Waals surface area contributed by atoms with Gasteiger partial charge in [0, 0.05) is 27.7 Å². The zero-order chi connectivity index (χ0) is 26.0. The fourth-order valence-electron chi connectivity index (χ4n) is 2.85. The second-order valence-electron chi connectivity index (χ2n) is 6.21. The Morgan fingerprint density at radius 1 is 0.229 bits per heavy atom. The molecule has 0 N–H and O–H groups in total. The van der Waals surface area contributed by atoms with Gasteiger partial charge in [-0.15, -0.1) is 0 Å². The Bertz CT molecular complexity index is 1120. The molecule has 0 atom stereocenters. The van der Waals surface area contributed by atoms with Gasteiger partial charge in [-0.05, 0) is 0 Å². The summed E-state index contributed by atoms with van der Waals surface area (Å²) in [5.41, 5.74) is 0. The zero-order valence-corrected chi connectivity index (χ0v) is 23.5. The van der Waals surface area contributed by atoms with E-state index in [1.165, 1.54) is 0 Å². The van der Waals surface area contributed by atoms with E-state index in [4.69, 9.17) is 0 Å². The molecule has 3 aromatic rings.